The summed E-state index contributed by atoms with van der Waals surface area (Å²) >= 11 is 0. The number of nitrogens with one attached hydrogen (secondary N) is 1. The van der Waals surface area contributed by atoms with Crippen LogP contribution in [0.25, 0.3) is 0 Å². The van der Waals surface area contributed by atoms with E-state index >= 15 is 0 Å². The highest BCUT2D eigenvalue weighted by atomic mass is 16.5. The number of amides is 1. The Labute approximate surface area is 109 Å². The van der Waals surface area contributed by atoms with E-state index in [9.17, 15) is 4.79 Å². The van der Waals surface area contributed by atoms with Crippen LogP contribution in [0.4, 0.5) is 0 Å². The number of carbonyl (C=O) groups excluding carboxylic acids is 1. The van der Waals surface area contributed by atoms with Gasteiger partial charge in [0, 0.05) is 13.5 Å². The number of ether oxygens (including phenoxy) is 1. The summed E-state index contributed by atoms with van der Waals surface area (Å²) in [5.41, 5.74) is 2.85. The average Bonchev–Trinajstić information content (AvgIpc) is 2.38. The van der Waals surface area contributed by atoms with Gasteiger partial charge >= 0.3 is 0 Å². The highest BCUT2D eigenvalue weighted by molar-refractivity contribution is 5.72. The van der Waals surface area contributed by atoms with Gasteiger partial charge in [-0.2, -0.15) is 0 Å². The minimum atomic E-state index is 0.0525. The van der Waals surface area contributed by atoms with Crippen molar-refractivity contribution < 1.29 is 9.53 Å². The van der Waals surface area contributed by atoms with Gasteiger partial charge in [-0.05, 0) is 54.9 Å². The number of methoxy groups -OCH3 is 1. The van der Waals surface area contributed by atoms with Crippen LogP contribution >= 0.6 is 0 Å². The molecule has 0 saturated heterocycles. The monoisotopic (exact) mass is 247 g/mol. The standard InChI is InChI=1S/C15H21NO2/c1-11(17)16-9-8-13-5-3-4-12-6-7-14(18-2)10-15(12)13/h6-7,10,13H,3-5,8-9H2,1-2H3,(H,16,17)/t13-/m0/s1. The molecule has 1 atom stereocenters. The highest BCUT2D eigenvalue weighted by Crippen LogP contribution is 2.35. The Morgan fingerprint density at radius 2 is 2.33 bits per heavy atom. The molecule has 18 heavy (non-hydrogen) atoms. The average molecular weight is 247 g/mol. The van der Waals surface area contributed by atoms with E-state index in [4.69, 9.17) is 4.74 Å². The molecule has 0 spiro atoms. The molecule has 0 fully saturated rings. The van der Waals surface area contributed by atoms with Crippen LogP contribution < -0.4 is 10.1 Å². The van der Waals surface area contributed by atoms with Crippen LogP contribution in [-0.4, -0.2) is 19.6 Å². The van der Waals surface area contributed by atoms with Crippen LogP contribution in [0.1, 0.15) is 43.2 Å². The molecule has 1 aliphatic carbocycles. The summed E-state index contributed by atoms with van der Waals surface area (Å²) in [5, 5.41) is 2.88. The van der Waals surface area contributed by atoms with E-state index in [-0.39, 0.29) is 5.91 Å². The van der Waals surface area contributed by atoms with Gasteiger partial charge in [0.1, 0.15) is 5.75 Å². The van der Waals surface area contributed by atoms with Crippen LogP contribution in [0.3, 0.4) is 0 Å². The second-order valence-electron chi connectivity index (χ2n) is 4.93. The first-order valence-electron chi connectivity index (χ1n) is 6.62. The third-order valence-corrected chi connectivity index (χ3v) is 3.66. The molecule has 0 saturated carbocycles. The second kappa shape index (κ2) is 5.89. The Hall–Kier alpha value is -1.51. The first-order valence-corrected chi connectivity index (χ1v) is 6.62. The maximum Gasteiger partial charge on any atom is 0.216 e. The minimum Gasteiger partial charge on any atom is -0.497 e. The number of rotatable bonds is 4. The second-order valence-corrected chi connectivity index (χ2v) is 4.93. The van der Waals surface area contributed by atoms with Gasteiger partial charge in [0.05, 0.1) is 7.11 Å². The van der Waals surface area contributed by atoms with Crippen molar-refractivity contribution >= 4 is 5.91 Å². The summed E-state index contributed by atoms with van der Waals surface area (Å²) in [6.45, 7) is 2.33. The molecule has 1 aliphatic rings. The topological polar surface area (TPSA) is 38.3 Å². The quantitative estimate of drug-likeness (QED) is 0.888. The van der Waals surface area contributed by atoms with Crippen molar-refractivity contribution in [3.63, 3.8) is 0 Å². The van der Waals surface area contributed by atoms with Gasteiger partial charge in [0.15, 0.2) is 0 Å². The summed E-state index contributed by atoms with van der Waals surface area (Å²) in [7, 11) is 1.71. The zero-order valence-electron chi connectivity index (χ0n) is 11.2. The molecule has 98 valence electrons. The van der Waals surface area contributed by atoms with Gasteiger partial charge in [0.2, 0.25) is 5.91 Å². The van der Waals surface area contributed by atoms with E-state index in [1.165, 1.54) is 24.0 Å². The Kier molecular flexibility index (Phi) is 4.24. The van der Waals surface area contributed by atoms with Crippen LogP contribution in [-0.2, 0) is 11.2 Å². The van der Waals surface area contributed by atoms with E-state index in [2.05, 4.69) is 17.4 Å². The van der Waals surface area contributed by atoms with Gasteiger partial charge in [-0.25, -0.2) is 0 Å². The third kappa shape index (κ3) is 3.03. The van der Waals surface area contributed by atoms with E-state index < -0.39 is 0 Å². The lowest BCUT2D eigenvalue weighted by Gasteiger charge is -2.26. The lowest BCUT2D eigenvalue weighted by atomic mass is 9.81. The maximum absolute atomic E-state index is 10.9. The summed E-state index contributed by atoms with van der Waals surface area (Å²) in [4.78, 5) is 10.9. The van der Waals surface area contributed by atoms with Gasteiger partial charge in [-0.1, -0.05) is 6.07 Å². The maximum atomic E-state index is 10.9. The number of benzene rings is 1. The van der Waals surface area contributed by atoms with E-state index in [0.717, 1.165) is 25.1 Å². The SMILES string of the molecule is COc1ccc2c(c1)[C@H](CCNC(C)=O)CCC2. The summed E-state index contributed by atoms with van der Waals surface area (Å²) in [5.74, 6) is 1.53. The Bertz CT molecular complexity index is 429. The molecule has 0 heterocycles. The Morgan fingerprint density at radius 3 is 3.06 bits per heavy atom. The third-order valence-electron chi connectivity index (χ3n) is 3.66. The fourth-order valence-electron chi connectivity index (χ4n) is 2.72. The first-order chi connectivity index (χ1) is 8.70. The lowest BCUT2D eigenvalue weighted by molar-refractivity contribution is -0.118. The predicted molar refractivity (Wildman–Crippen MR) is 72.0 cm³/mol. The molecule has 0 aliphatic heterocycles. The van der Waals surface area contributed by atoms with E-state index in [1.54, 1.807) is 14.0 Å². The molecule has 2 rings (SSSR count). The number of aryl methyl sites for hydroxylation is 1. The first kappa shape index (κ1) is 12.9. The molecule has 0 bridgehead atoms. The van der Waals surface area contributed by atoms with Crippen molar-refractivity contribution in [2.24, 2.45) is 0 Å². The lowest BCUT2D eigenvalue weighted by Crippen LogP contribution is -2.23. The van der Waals surface area contributed by atoms with Crippen molar-refractivity contribution in [2.75, 3.05) is 13.7 Å². The Morgan fingerprint density at radius 1 is 1.50 bits per heavy atom. The zero-order valence-corrected chi connectivity index (χ0v) is 11.2. The molecule has 0 aromatic heterocycles. The molecule has 1 amide bonds. The normalized spacial score (nSPS) is 18.0. The van der Waals surface area contributed by atoms with Gasteiger partial charge in [0.25, 0.3) is 0 Å². The molecule has 1 N–H and O–H groups in total. The largest absolute Gasteiger partial charge is 0.497 e. The van der Waals surface area contributed by atoms with E-state index in [0.29, 0.717) is 5.92 Å². The fourth-order valence-corrected chi connectivity index (χ4v) is 2.72. The summed E-state index contributed by atoms with van der Waals surface area (Å²) < 4.78 is 5.30. The van der Waals surface area contributed by atoms with Crippen molar-refractivity contribution in [3.8, 4) is 5.75 Å². The number of carbonyl (C=O) groups is 1. The molecule has 3 heteroatoms. The molecule has 1 aromatic carbocycles. The molecule has 3 nitrogen and oxygen atoms in total. The number of hydrogen-bond donors (Lipinski definition) is 1. The molecular formula is C15H21NO2. The molecule has 0 radical (unpaired) electrons. The van der Waals surface area contributed by atoms with E-state index in [1.807, 2.05) is 6.07 Å². The minimum absolute atomic E-state index is 0.0525. The molecule has 0 unspecified atom stereocenters. The fraction of sp³-hybridized carbons (Fsp3) is 0.533. The Balaban J connectivity index is 2.08. The number of hydrogen-bond acceptors (Lipinski definition) is 2. The summed E-state index contributed by atoms with van der Waals surface area (Å²) in [6.07, 6.45) is 4.62. The van der Waals surface area contributed by atoms with Crippen LogP contribution in [0.15, 0.2) is 18.2 Å². The predicted octanol–water partition coefficient (Wildman–Crippen LogP) is 2.64. The van der Waals surface area contributed by atoms with Gasteiger partial charge in [-0.15, -0.1) is 0 Å². The van der Waals surface area contributed by atoms with Crippen LogP contribution in [0.5, 0.6) is 5.75 Å². The smallest absolute Gasteiger partial charge is 0.216 e. The van der Waals surface area contributed by atoms with Gasteiger partial charge in [-0.3, -0.25) is 4.79 Å². The zero-order chi connectivity index (χ0) is 13.0. The molecular weight excluding hydrogens is 226 g/mol. The van der Waals surface area contributed by atoms with Crippen molar-refractivity contribution in [1.29, 1.82) is 0 Å². The molecule has 1 aromatic rings. The van der Waals surface area contributed by atoms with Crippen molar-refractivity contribution in [3.05, 3.63) is 29.3 Å². The van der Waals surface area contributed by atoms with Crippen molar-refractivity contribution in [2.45, 2.75) is 38.5 Å². The van der Waals surface area contributed by atoms with Crippen molar-refractivity contribution in [1.82, 2.24) is 5.32 Å². The van der Waals surface area contributed by atoms with Crippen LogP contribution in [0, 0.1) is 0 Å². The summed E-state index contributed by atoms with van der Waals surface area (Å²) in [6, 6.07) is 6.38. The number of fused-ring (bicyclic) bond motifs is 1. The van der Waals surface area contributed by atoms with Gasteiger partial charge < -0.3 is 10.1 Å². The van der Waals surface area contributed by atoms with Crippen LogP contribution in [0.2, 0.25) is 0 Å². The highest BCUT2D eigenvalue weighted by Gasteiger charge is 2.20.